The van der Waals surface area contributed by atoms with Crippen molar-refractivity contribution in [2.45, 2.75) is 12.8 Å². The van der Waals surface area contributed by atoms with Crippen molar-refractivity contribution in [2.75, 3.05) is 7.11 Å². The molecule has 0 aliphatic heterocycles. The topological polar surface area (TPSA) is 22.4 Å². The molecule has 2 nitrogen and oxygen atoms in total. The van der Waals surface area contributed by atoms with E-state index in [0.717, 1.165) is 31.6 Å². The third-order valence-electron chi connectivity index (χ3n) is 3.46. The van der Waals surface area contributed by atoms with Crippen LogP contribution in [0.15, 0.2) is 34.8 Å². The highest BCUT2D eigenvalue weighted by Crippen LogP contribution is 2.41. The highest BCUT2D eigenvalue weighted by atomic mass is 127. The molecule has 1 heterocycles. The van der Waals surface area contributed by atoms with Crippen molar-refractivity contribution >= 4 is 39.6 Å². The van der Waals surface area contributed by atoms with Gasteiger partial charge in [0.1, 0.15) is 11.5 Å². The van der Waals surface area contributed by atoms with Gasteiger partial charge in [0.05, 0.1) is 10.7 Å². The fourth-order valence-electron chi connectivity index (χ4n) is 2.30. The molecule has 1 atom stereocenters. The normalized spacial score (nSPS) is 18.2. The first-order chi connectivity index (χ1) is 8.63. The van der Waals surface area contributed by atoms with Crippen LogP contribution in [0.1, 0.15) is 24.2 Å². The minimum absolute atomic E-state index is 0.235. The lowest BCUT2D eigenvalue weighted by Gasteiger charge is -2.14. The first-order valence-electron chi connectivity index (χ1n) is 5.79. The summed E-state index contributed by atoms with van der Waals surface area (Å²) in [5, 5.41) is 1.14. The van der Waals surface area contributed by atoms with Crippen molar-refractivity contribution in [3.8, 4) is 5.75 Å². The molecule has 1 unspecified atom stereocenters. The molecule has 1 aliphatic rings. The van der Waals surface area contributed by atoms with Gasteiger partial charge in [-0.15, -0.1) is 0 Å². The van der Waals surface area contributed by atoms with Crippen molar-refractivity contribution in [3.63, 3.8) is 0 Å². The van der Waals surface area contributed by atoms with Crippen LogP contribution < -0.4 is 4.74 Å². The smallest absolute Gasteiger partial charge is 0.152 e. The van der Waals surface area contributed by atoms with Crippen molar-refractivity contribution in [1.29, 1.82) is 0 Å². The fraction of sp³-hybridized carbons (Fsp3) is 0.200. The summed E-state index contributed by atoms with van der Waals surface area (Å²) in [6, 6.07) is 4.05. The van der Waals surface area contributed by atoms with Gasteiger partial charge in [0.25, 0.3) is 0 Å². The molecule has 18 heavy (non-hydrogen) atoms. The predicted molar refractivity (Wildman–Crippen MR) is 82.1 cm³/mol. The first-order valence-corrected chi connectivity index (χ1v) is 6.87. The third-order valence-corrected chi connectivity index (χ3v) is 4.48. The van der Waals surface area contributed by atoms with Gasteiger partial charge in [0, 0.05) is 16.9 Å². The van der Waals surface area contributed by atoms with Crippen LogP contribution in [0.25, 0.3) is 17.0 Å². The van der Waals surface area contributed by atoms with Crippen LogP contribution in [0.4, 0.5) is 0 Å². The molecular weight excluding hydrogens is 339 g/mol. The first kappa shape index (κ1) is 11.8. The van der Waals surface area contributed by atoms with Gasteiger partial charge in [-0.3, -0.25) is 0 Å². The molecule has 0 N–H and O–H groups in total. The number of hydrogen-bond donors (Lipinski definition) is 0. The van der Waals surface area contributed by atoms with E-state index >= 15 is 0 Å². The van der Waals surface area contributed by atoms with E-state index in [1.54, 1.807) is 7.11 Å². The van der Waals surface area contributed by atoms with Gasteiger partial charge in [-0.1, -0.05) is 25.7 Å². The molecule has 1 aromatic carbocycles. The van der Waals surface area contributed by atoms with E-state index in [2.05, 4.69) is 54.3 Å². The fourth-order valence-corrected chi connectivity index (χ4v) is 3.10. The molecule has 92 valence electrons. The molecule has 2 aromatic rings. The molecule has 0 fully saturated rings. The quantitative estimate of drug-likeness (QED) is 0.693. The summed E-state index contributed by atoms with van der Waals surface area (Å²) in [6.45, 7) is 6.17. The van der Waals surface area contributed by atoms with E-state index in [1.165, 1.54) is 5.56 Å². The van der Waals surface area contributed by atoms with Gasteiger partial charge in [0.15, 0.2) is 5.58 Å². The Kier molecular flexibility index (Phi) is 2.73. The predicted octanol–water partition coefficient (Wildman–Crippen LogP) is 4.73. The molecule has 0 spiro atoms. The molecule has 0 amide bonds. The number of halogens is 1. The number of fused-ring (bicyclic) bond motifs is 3. The van der Waals surface area contributed by atoms with Crippen LogP contribution in [0.3, 0.4) is 0 Å². The number of ether oxygens (including phenoxy) is 1. The van der Waals surface area contributed by atoms with Crippen LogP contribution >= 0.6 is 22.6 Å². The van der Waals surface area contributed by atoms with Crippen molar-refractivity contribution in [2.24, 2.45) is 0 Å². The number of allylic oxidation sites excluding steroid dienone is 2. The maximum Gasteiger partial charge on any atom is 0.152 e. The monoisotopic (exact) mass is 352 g/mol. The Labute approximate surface area is 119 Å². The van der Waals surface area contributed by atoms with Crippen LogP contribution in [0.2, 0.25) is 0 Å². The minimum atomic E-state index is 0.235. The number of hydrogen-bond acceptors (Lipinski definition) is 2. The summed E-state index contributed by atoms with van der Waals surface area (Å²) in [7, 11) is 1.68. The van der Waals surface area contributed by atoms with Gasteiger partial charge < -0.3 is 9.15 Å². The third kappa shape index (κ3) is 1.53. The molecular formula is C15H13IO2. The van der Waals surface area contributed by atoms with Gasteiger partial charge in [-0.25, -0.2) is 0 Å². The summed E-state index contributed by atoms with van der Waals surface area (Å²) in [5.41, 5.74) is 3.17. The zero-order chi connectivity index (χ0) is 12.9. The largest absolute Gasteiger partial charge is 0.496 e. The van der Waals surface area contributed by atoms with Crippen LogP contribution in [-0.2, 0) is 0 Å². The molecule has 1 aromatic heterocycles. The Hall–Kier alpha value is -1.23. The van der Waals surface area contributed by atoms with Gasteiger partial charge in [-0.2, -0.15) is 0 Å². The Morgan fingerprint density at radius 1 is 1.33 bits per heavy atom. The Morgan fingerprint density at radius 3 is 2.83 bits per heavy atom. The molecule has 3 rings (SSSR count). The van der Waals surface area contributed by atoms with Crippen LogP contribution in [0, 0.1) is 3.57 Å². The lowest BCUT2D eigenvalue weighted by Crippen LogP contribution is -1.99. The highest BCUT2D eigenvalue weighted by molar-refractivity contribution is 14.1. The lowest BCUT2D eigenvalue weighted by atomic mass is 9.90. The zero-order valence-corrected chi connectivity index (χ0v) is 12.4. The van der Waals surface area contributed by atoms with E-state index in [4.69, 9.17) is 9.15 Å². The second-order valence-corrected chi connectivity index (χ2v) is 5.55. The number of rotatable bonds is 1. The molecule has 3 heteroatoms. The van der Waals surface area contributed by atoms with Crippen molar-refractivity contribution in [1.82, 2.24) is 0 Å². The molecule has 0 bridgehead atoms. The molecule has 0 radical (unpaired) electrons. The van der Waals surface area contributed by atoms with Crippen molar-refractivity contribution in [3.05, 3.63) is 45.3 Å². The molecule has 0 saturated heterocycles. The lowest BCUT2D eigenvalue weighted by molar-refractivity contribution is 0.411. The Bertz CT molecular complexity index is 679. The van der Waals surface area contributed by atoms with E-state index in [1.807, 2.05) is 6.07 Å². The second kappa shape index (κ2) is 4.16. The van der Waals surface area contributed by atoms with Crippen LogP contribution in [-0.4, -0.2) is 7.11 Å². The van der Waals surface area contributed by atoms with E-state index in [0.29, 0.717) is 0 Å². The van der Waals surface area contributed by atoms with E-state index in [-0.39, 0.29) is 5.92 Å². The van der Waals surface area contributed by atoms with Gasteiger partial charge >= 0.3 is 0 Å². The van der Waals surface area contributed by atoms with E-state index < -0.39 is 0 Å². The standard InChI is InChI=1S/C15H13IO2/c1-8-4-5-10-11-6-7-12(17-3)13(16)15(11)18-14(10)9(8)2/h4-7,9H,1H2,2-3H3. The second-order valence-electron chi connectivity index (χ2n) is 4.47. The SMILES string of the molecule is C=C1C=Cc2c(oc3c(I)c(OC)ccc23)C1C. The van der Waals surface area contributed by atoms with E-state index in [9.17, 15) is 0 Å². The maximum absolute atomic E-state index is 6.05. The summed E-state index contributed by atoms with van der Waals surface area (Å²) < 4.78 is 12.4. The molecule has 0 saturated carbocycles. The number of benzene rings is 1. The Balaban J connectivity index is 2.34. The average Bonchev–Trinajstić information content (AvgIpc) is 2.75. The summed E-state index contributed by atoms with van der Waals surface area (Å²) in [4.78, 5) is 0. The van der Waals surface area contributed by atoms with Gasteiger partial charge in [-0.05, 0) is 40.3 Å². The summed E-state index contributed by atoms with van der Waals surface area (Å²) in [5.74, 6) is 2.09. The zero-order valence-electron chi connectivity index (χ0n) is 10.3. The molecule has 1 aliphatic carbocycles. The highest BCUT2D eigenvalue weighted by Gasteiger charge is 2.24. The van der Waals surface area contributed by atoms with Crippen molar-refractivity contribution < 1.29 is 9.15 Å². The Morgan fingerprint density at radius 2 is 2.11 bits per heavy atom. The summed E-state index contributed by atoms with van der Waals surface area (Å²) in [6.07, 6.45) is 4.16. The number of methoxy groups -OCH3 is 1. The minimum Gasteiger partial charge on any atom is -0.496 e. The summed E-state index contributed by atoms with van der Waals surface area (Å²) >= 11 is 2.27. The average molecular weight is 352 g/mol. The van der Waals surface area contributed by atoms with Gasteiger partial charge in [0.2, 0.25) is 0 Å². The van der Waals surface area contributed by atoms with Crippen LogP contribution in [0.5, 0.6) is 5.75 Å². The number of furan rings is 1. The maximum atomic E-state index is 6.05.